The minimum Gasteiger partial charge on any atom is -0.462 e. The third-order valence-corrected chi connectivity index (χ3v) is 4.33. The van der Waals surface area contributed by atoms with Gasteiger partial charge in [-0.05, 0) is 19.1 Å². The number of carbonyl (C=O) groups excluding carboxylic acids is 2. The second-order valence-corrected chi connectivity index (χ2v) is 5.90. The summed E-state index contributed by atoms with van der Waals surface area (Å²) in [5.74, 6) is -0.802. The molecule has 0 atom stereocenters. The van der Waals surface area contributed by atoms with Gasteiger partial charge in [0.05, 0.1) is 6.61 Å². The molecule has 0 spiro atoms. The number of hydrogen-bond donors (Lipinski definition) is 1. The second kappa shape index (κ2) is 6.21. The van der Waals surface area contributed by atoms with Crippen molar-refractivity contribution in [3.05, 3.63) is 47.8 Å². The van der Waals surface area contributed by atoms with Gasteiger partial charge in [0.15, 0.2) is 5.69 Å². The zero-order valence-corrected chi connectivity index (χ0v) is 13.5. The summed E-state index contributed by atoms with van der Waals surface area (Å²) in [6, 6.07) is 9.10. The summed E-state index contributed by atoms with van der Waals surface area (Å²) in [4.78, 5) is 24.6. The van der Waals surface area contributed by atoms with E-state index in [4.69, 9.17) is 4.74 Å². The number of aryl methyl sites for hydroxylation is 1. The molecule has 2 heterocycles. The van der Waals surface area contributed by atoms with Crippen LogP contribution in [0.15, 0.2) is 36.5 Å². The molecule has 0 saturated heterocycles. The number of thiophene rings is 1. The number of benzene rings is 1. The molecule has 3 aromatic rings. The fourth-order valence-electron chi connectivity index (χ4n) is 2.24. The van der Waals surface area contributed by atoms with Gasteiger partial charge in [-0.15, -0.1) is 11.3 Å². The highest BCUT2D eigenvalue weighted by atomic mass is 32.1. The van der Waals surface area contributed by atoms with Crippen molar-refractivity contribution in [2.75, 3.05) is 11.9 Å². The van der Waals surface area contributed by atoms with Crippen molar-refractivity contribution in [3.63, 3.8) is 0 Å². The van der Waals surface area contributed by atoms with E-state index in [0.29, 0.717) is 16.3 Å². The topological polar surface area (TPSA) is 73.2 Å². The van der Waals surface area contributed by atoms with Crippen molar-refractivity contribution < 1.29 is 14.3 Å². The first-order valence-corrected chi connectivity index (χ1v) is 7.91. The van der Waals surface area contributed by atoms with Crippen molar-refractivity contribution in [2.24, 2.45) is 7.05 Å². The standard InChI is InChI=1S/C16H15N3O3S/c1-3-22-16(21)13-10-6-4-5-7-12(10)23-15(13)17-14(20)11-8-9-19(2)18-11/h4-9H,3H2,1-2H3,(H,17,20). The second-order valence-electron chi connectivity index (χ2n) is 4.85. The van der Waals surface area contributed by atoms with Gasteiger partial charge < -0.3 is 10.1 Å². The molecule has 0 aliphatic carbocycles. The Morgan fingerprint density at radius 2 is 2.09 bits per heavy atom. The van der Waals surface area contributed by atoms with Crippen molar-refractivity contribution in [1.82, 2.24) is 9.78 Å². The third-order valence-electron chi connectivity index (χ3n) is 3.25. The van der Waals surface area contributed by atoms with E-state index >= 15 is 0 Å². The fourth-order valence-corrected chi connectivity index (χ4v) is 3.33. The molecular formula is C16H15N3O3S. The van der Waals surface area contributed by atoms with Crippen LogP contribution < -0.4 is 5.32 Å². The number of amides is 1. The smallest absolute Gasteiger partial charge is 0.341 e. The zero-order chi connectivity index (χ0) is 16.4. The number of carbonyl (C=O) groups is 2. The molecule has 23 heavy (non-hydrogen) atoms. The minimum absolute atomic E-state index is 0.274. The van der Waals surface area contributed by atoms with Gasteiger partial charge in [0, 0.05) is 23.3 Å². The number of hydrogen-bond acceptors (Lipinski definition) is 5. The molecule has 1 amide bonds. The van der Waals surface area contributed by atoms with E-state index in [1.54, 1.807) is 30.9 Å². The van der Waals surface area contributed by atoms with Crippen LogP contribution in [-0.2, 0) is 11.8 Å². The largest absolute Gasteiger partial charge is 0.462 e. The maximum absolute atomic E-state index is 12.3. The van der Waals surface area contributed by atoms with E-state index in [-0.39, 0.29) is 12.5 Å². The Morgan fingerprint density at radius 1 is 1.30 bits per heavy atom. The highest BCUT2D eigenvalue weighted by molar-refractivity contribution is 7.23. The normalized spacial score (nSPS) is 10.7. The molecular weight excluding hydrogens is 314 g/mol. The first kappa shape index (κ1) is 15.2. The SMILES string of the molecule is CCOC(=O)c1c(NC(=O)c2ccn(C)n2)sc2ccccc12. The van der Waals surface area contributed by atoms with Crippen LogP contribution in [0.3, 0.4) is 0 Å². The van der Waals surface area contributed by atoms with Crippen LogP contribution in [0.25, 0.3) is 10.1 Å². The molecule has 3 rings (SSSR count). The van der Waals surface area contributed by atoms with Crippen LogP contribution in [0.5, 0.6) is 0 Å². The molecule has 0 unspecified atom stereocenters. The van der Waals surface area contributed by atoms with Crippen molar-refractivity contribution in [3.8, 4) is 0 Å². The summed E-state index contributed by atoms with van der Waals surface area (Å²) < 4.78 is 7.58. The lowest BCUT2D eigenvalue weighted by molar-refractivity contribution is 0.0530. The van der Waals surface area contributed by atoms with Crippen LogP contribution in [0.4, 0.5) is 5.00 Å². The number of rotatable bonds is 4. The molecule has 0 aliphatic rings. The summed E-state index contributed by atoms with van der Waals surface area (Å²) >= 11 is 1.34. The van der Waals surface area contributed by atoms with Gasteiger partial charge in [0.25, 0.3) is 5.91 Å². The Kier molecular flexibility index (Phi) is 4.12. The summed E-state index contributed by atoms with van der Waals surface area (Å²) in [6.07, 6.45) is 1.69. The van der Waals surface area contributed by atoms with E-state index in [9.17, 15) is 9.59 Å². The fraction of sp³-hybridized carbons (Fsp3) is 0.188. The highest BCUT2D eigenvalue weighted by Crippen LogP contribution is 2.36. The number of aromatic nitrogens is 2. The number of anilines is 1. The van der Waals surface area contributed by atoms with Crippen LogP contribution in [-0.4, -0.2) is 28.3 Å². The molecule has 6 nitrogen and oxygen atoms in total. The summed E-state index contributed by atoms with van der Waals surface area (Å²) in [7, 11) is 1.74. The van der Waals surface area contributed by atoms with Crippen molar-refractivity contribution in [1.29, 1.82) is 0 Å². The van der Waals surface area contributed by atoms with Gasteiger partial charge in [-0.2, -0.15) is 5.10 Å². The number of fused-ring (bicyclic) bond motifs is 1. The first-order chi connectivity index (χ1) is 11.1. The van der Waals surface area contributed by atoms with E-state index in [1.807, 2.05) is 24.3 Å². The molecule has 0 radical (unpaired) electrons. The molecule has 118 valence electrons. The monoisotopic (exact) mass is 329 g/mol. The molecule has 0 fully saturated rings. The van der Waals surface area contributed by atoms with Gasteiger partial charge in [0.2, 0.25) is 0 Å². The van der Waals surface area contributed by atoms with Crippen molar-refractivity contribution >= 4 is 38.3 Å². The highest BCUT2D eigenvalue weighted by Gasteiger charge is 2.22. The zero-order valence-electron chi connectivity index (χ0n) is 12.7. The Hall–Kier alpha value is -2.67. The predicted molar refractivity (Wildman–Crippen MR) is 88.9 cm³/mol. The maximum atomic E-state index is 12.3. The number of ether oxygens (including phenoxy) is 1. The number of esters is 1. The summed E-state index contributed by atoms with van der Waals surface area (Å²) in [6.45, 7) is 2.02. The van der Waals surface area contributed by atoms with Gasteiger partial charge in [0.1, 0.15) is 10.6 Å². The van der Waals surface area contributed by atoms with Gasteiger partial charge in [-0.3, -0.25) is 9.48 Å². The average Bonchev–Trinajstić information content (AvgIpc) is 3.10. The quantitative estimate of drug-likeness (QED) is 0.747. The van der Waals surface area contributed by atoms with Crippen LogP contribution in [0.1, 0.15) is 27.8 Å². The van der Waals surface area contributed by atoms with E-state index < -0.39 is 5.97 Å². The van der Waals surface area contributed by atoms with Crippen LogP contribution >= 0.6 is 11.3 Å². The summed E-state index contributed by atoms with van der Waals surface area (Å²) in [5.41, 5.74) is 0.677. The first-order valence-electron chi connectivity index (χ1n) is 7.09. The van der Waals surface area contributed by atoms with Gasteiger partial charge in [-0.25, -0.2) is 4.79 Å². The van der Waals surface area contributed by atoms with E-state index in [1.165, 1.54) is 11.3 Å². The lowest BCUT2D eigenvalue weighted by Gasteiger charge is -2.05. The van der Waals surface area contributed by atoms with E-state index in [0.717, 1.165) is 10.1 Å². The Morgan fingerprint density at radius 3 is 2.78 bits per heavy atom. The van der Waals surface area contributed by atoms with Crippen LogP contribution in [0, 0.1) is 0 Å². The molecule has 1 aromatic carbocycles. The average molecular weight is 329 g/mol. The molecule has 1 N–H and O–H groups in total. The molecule has 0 saturated carbocycles. The predicted octanol–water partition coefficient (Wildman–Crippen LogP) is 3.06. The molecule has 0 bridgehead atoms. The maximum Gasteiger partial charge on any atom is 0.341 e. The van der Waals surface area contributed by atoms with Gasteiger partial charge >= 0.3 is 5.97 Å². The lowest BCUT2D eigenvalue weighted by atomic mass is 10.1. The lowest BCUT2D eigenvalue weighted by Crippen LogP contribution is -2.15. The Balaban J connectivity index is 2.00. The van der Waals surface area contributed by atoms with Crippen molar-refractivity contribution in [2.45, 2.75) is 6.92 Å². The molecule has 2 aromatic heterocycles. The third kappa shape index (κ3) is 2.95. The number of nitrogens with one attached hydrogen (secondary N) is 1. The van der Waals surface area contributed by atoms with Crippen LogP contribution in [0.2, 0.25) is 0 Å². The molecule has 7 heteroatoms. The summed E-state index contributed by atoms with van der Waals surface area (Å²) in [5, 5.41) is 8.08. The van der Waals surface area contributed by atoms with Gasteiger partial charge in [-0.1, -0.05) is 18.2 Å². The Labute approximate surface area is 136 Å². The van der Waals surface area contributed by atoms with E-state index in [2.05, 4.69) is 10.4 Å². The molecule has 0 aliphatic heterocycles. The minimum atomic E-state index is -0.443. The Bertz CT molecular complexity index is 882. The number of nitrogens with zero attached hydrogens (tertiary/aromatic N) is 2.